The van der Waals surface area contributed by atoms with Crippen molar-refractivity contribution in [2.24, 2.45) is 5.41 Å². The maximum Gasteiger partial charge on any atom is 0.119 e. The molecule has 1 spiro atoms. The van der Waals surface area contributed by atoms with Crippen LogP contribution in [0.2, 0.25) is 0 Å². The molecule has 1 aromatic carbocycles. The van der Waals surface area contributed by atoms with Crippen LogP contribution in [-0.2, 0) is 0 Å². The lowest BCUT2D eigenvalue weighted by Crippen LogP contribution is -2.54. The molecule has 0 bridgehead atoms. The molecule has 1 N–H and O–H groups in total. The van der Waals surface area contributed by atoms with Crippen LogP contribution in [0.3, 0.4) is 0 Å². The highest BCUT2D eigenvalue weighted by Crippen LogP contribution is 2.45. The molecule has 0 aromatic heterocycles. The summed E-state index contributed by atoms with van der Waals surface area (Å²) in [4.78, 5) is 0. The molecule has 2 aliphatic rings. The van der Waals surface area contributed by atoms with Gasteiger partial charge in [-0.15, -0.1) is 0 Å². The Morgan fingerprint density at radius 1 is 1.28 bits per heavy atom. The molecule has 0 atom stereocenters. The van der Waals surface area contributed by atoms with E-state index < -0.39 is 0 Å². The number of nitrogens with one attached hydrogen (secondary N) is 1. The summed E-state index contributed by atoms with van der Waals surface area (Å²) >= 11 is 0. The molecule has 1 saturated carbocycles. The van der Waals surface area contributed by atoms with Crippen LogP contribution in [0.1, 0.15) is 44.1 Å². The molecule has 2 fully saturated rings. The van der Waals surface area contributed by atoms with E-state index in [1.807, 2.05) is 6.92 Å². The standard InChI is InChI=1S/C16H23NO/c1-2-18-15-5-3-4-14(10-15)13-6-8-16(9-7-13)11-17-12-16/h3-5,10,13,17H,2,6-9,11-12H2,1H3. The average Bonchev–Trinajstić information content (AvgIpc) is 2.38. The first-order valence-corrected chi connectivity index (χ1v) is 7.25. The van der Waals surface area contributed by atoms with Gasteiger partial charge in [0.2, 0.25) is 0 Å². The van der Waals surface area contributed by atoms with Crippen LogP contribution in [0.25, 0.3) is 0 Å². The van der Waals surface area contributed by atoms with Gasteiger partial charge in [-0.2, -0.15) is 0 Å². The summed E-state index contributed by atoms with van der Waals surface area (Å²) in [7, 11) is 0. The normalized spacial score (nSPS) is 22.7. The summed E-state index contributed by atoms with van der Waals surface area (Å²) in [6.45, 7) is 5.29. The Balaban J connectivity index is 1.66. The minimum atomic E-state index is 0.661. The van der Waals surface area contributed by atoms with Crippen molar-refractivity contribution < 1.29 is 4.74 Å². The molecule has 1 aromatic rings. The highest BCUT2D eigenvalue weighted by molar-refractivity contribution is 5.31. The van der Waals surface area contributed by atoms with Crippen molar-refractivity contribution >= 4 is 0 Å². The molecule has 0 amide bonds. The molecular weight excluding hydrogens is 222 g/mol. The van der Waals surface area contributed by atoms with Crippen molar-refractivity contribution in [3.8, 4) is 5.75 Å². The summed E-state index contributed by atoms with van der Waals surface area (Å²) in [5.74, 6) is 1.78. The van der Waals surface area contributed by atoms with Crippen LogP contribution in [0.15, 0.2) is 24.3 Å². The minimum absolute atomic E-state index is 0.661. The number of rotatable bonds is 3. The van der Waals surface area contributed by atoms with E-state index in [-0.39, 0.29) is 0 Å². The fraction of sp³-hybridized carbons (Fsp3) is 0.625. The summed E-state index contributed by atoms with van der Waals surface area (Å²) < 4.78 is 5.60. The van der Waals surface area contributed by atoms with Gasteiger partial charge in [-0.05, 0) is 61.6 Å². The van der Waals surface area contributed by atoms with E-state index in [0.717, 1.165) is 18.3 Å². The van der Waals surface area contributed by atoms with Crippen LogP contribution in [0, 0.1) is 5.41 Å². The lowest BCUT2D eigenvalue weighted by atomic mass is 9.66. The fourth-order valence-electron chi connectivity index (χ4n) is 3.42. The van der Waals surface area contributed by atoms with Crippen LogP contribution in [-0.4, -0.2) is 19.7 Å². The molecule has 3 rings (SSSR count). The Morgan fingerprint density at radius 3 is 2.67 bits per heavy atom. The Bertz CT molecular complexity index is 401. The molecule has 18 heavy (non-hydrogen) atoms. The quantitative estimate of drug-likeness (QED) is 0.882. The van der Waals surface area contributed by atoms with Gasteiger partial charge in [-0.3, -0.25) is 0 Å². The average molecular weight is 245 g/mol. The first-order valence-electron chi connectivity index (χ1n) is 7.25. The molecule has 0 unspecified atom stereocenters. The van der Waals surface area contributed by atoms with Crippen LogP contribution in [0.5, 0.6) is 5.75 Å². The molecule has 1 heterocycles. The second kappa shape index (κ2) is 4.93. The third-order valence-electron chi connectivity index (χ3n) is 4.69. The molecule has 1 aliphatic carbocycles. The zero-order chi connectivity index (χ0) is 12.4. The highest BCUT2D eigenvalue weighted by Gasteiger charge is 2.40. The van der Waals surface area contributed by atoms with Crippen LogP contribution in [0.4, 0.5) is 0 Å². The number of hydrogen-bond acceptors (Lipinski definition) is 2. The van der Waals surface area contributed by atoms with Crippen molar-refractivity contribution in [2.45, 2.75) is 38.5 Å². The van der Waals surface area contributed by atoms with Crippen LogP contribution < -0.4 is 10.1 Å². The third-order valence-corrected chi connectivity index (χ3v) is 4.69. The second-order valence-corrected chi connectivity index (χ2v) is 5.88. The van der Waals surface area contributed by atoms with E-state index in [4.69, 9.17) is 4.74 Å². The van der Waals surface area contributed by atoms with E-state index in [2.05, 4.69) is 29.6 Å². The van der Waals surface area contributed by atoms with Gasteiger partial charge in [-0.1, -0.05) is 12.1 Å². The second-order valence-electron chi connectivity index (χ2n) is 5.88. The predicted molar refractivity (Wildman–Crippen MR) is 74.1 cm³/mol. The molecule has 2 nitrogen and oxygen atoms in total. The first-order chi connectivity index (χ1) is 8.81. The van der Waals surface area contributed by atoms with E-state index in [1.165, 1.54) is 44.3 Å². The summed E-state index contributed by atoms with van der Waals surface area (Å²) in [5, 5.41) is 3.43. The summed E-state index contributed by atoms with van der Waals surface area (Å²) in [6.07, 6.45) is 5.47. The van der Waals surface area contributed by atoms with Gasteiger partial charge in [0.1, 0.15) is 5.75 Å². The van der Waals surface area contributed by atoms with Crippen molar-refractivity contribution in [3.05, 3.63) is 29.8 Å². The van der Waals surface area contributed by atoms with Gasteiger partial charge in [0.15, 0.2) is 0 Å². The Labute approximate surface area is 110 Å². The smallest absolute Gasteiger partial charge is 0.119 e. The van der Waals surface area contributed by atoms with Gasteiger partial charge in [0.05, 0.1) is 6.61 Å². The van der Waals surface area contributed by atoms with Crippen molar-refractivity contribution in [1.82, 2.24) is 5.32 Å². The first kappa shape index (κ1) is 12.0. The van der Waals surface area contributed by atoms with Crippen molar-refractivity contribution in [2.75, 3.05) is 19.7 Å². The van der Waals surface area contributed by atoms with Gasteiger partial charge >= 0.3 is 0 Å². The lowest BCUT2D eigenvalue weighted by Gasteiger charge is -2.47. The molecule has 1 aliphatic heterocycles. The number of benzene rings is 1. The zero-order valence-electron chi connectivity index (χ0n) is 11.2. The van der Waals surface area contributed by atoms with E-state index in [0.29, 0.717) is 5.41 Å². The monoisotopic (exact) mass is 245 g/mol. The van der Waals surface area contributed by atoms with E-state index >= 15 is 0 Å². The Kier molecular flexibility index (Phi) is 3.29. The Hall–Kier alpha value is -1.02. The number of ether oxygens (including phenoxy) is 1. The van der Waals surface area contributed by atoms with E-state index in [9.17, 15) is 0 Å². The summed E-state index contributed by atoms with van der Waals surface area (Å²) in [6, 6.07) is 8.71. The van der Waals surface area contributed by atoms with E-state index in [1.54, 1.807) is 0 Å². The third kappa shape index (κ3) is 2.26. The molecule has 98 valence electrons. The SMILES string of the molecule is CCOc1cccc(C2CCC3(CC2)CNC3)c1. The molecule has 2 heteroatoms. The van der Waals surface area contributed by atoms with Gasteiger partial charge in [0.25, 0.3) is 0 Å². The Morgan fingerprint density at radius 2 is 2.06 bits per heavy atom. The molecular formula is C16H23NO. The highest BCUT2D eigenvalue weighted by atomic mass is 16.5. The fourth-order valence-corrected chi connectivity index (χ4v) is 3.42. The minimum Gasteiger partial charge on any atom is -0.494 e. The van der Waals surface area contributed by atoms with Crippen molar-refractivity contribution in [1.29, 1.82) is 0 Å². The maximum absolute atomic E-state index is 5.60. The van der Waals surface area contributed by atoms with Crippen LogP contribution >= 0.6 is 0 Å². The van der Waals surface area contributed by atoms with Gasteiger partial charge in [0, 0.05) is 13.1 Å². The molecule has 1 saturated heterocycles. The lowest BCUT2D eigenvalue weighted by molar-refractivity contribution is 0.0974. The molecule has 0 radical (unpaired) electrons. The number of hydrogen-bond donors (Lipinski definition) is 1. The van der Waals surface area contributed by atoms with Gasteiger partial charge in [-0.25, -0.2) is 0 Å². The maximum atomic E-state index is 5.60. The topological polar surface area (TPSA) is 21.3 Å². The summed E-state index contributed by atoms with van der Waals surface area (Å²) in [5.41, 5.74) is 2.14. The zero-order valence-corrected chi connectivity index (χ0v) is 11.2. The van der Waals surface area contributed by atoms with Gasteiger partial charge < -0.3 is 10.1 Å². The van der Waals surface area contributed by atoms with Crippen molar-refractivity contribution in [3.63, 3.8) is 0 Å². The largest absolute Gasteiger partial charge is 0.494 e. The predicted octanol–water partition coefficient (Wildman–Crippen LogP) is 3.33.